The van der Waals surface area contributed by atoms with Gasteiger partial charge >= 0.3 is 0 Å². The zero-order valence-electron chi connectivity index (χ0n) is 10.5. The van der Waals surface area contributed by atoms with Crippen molar-refractivity contribution in [2.24, 2.45) is 5.92 Å². The second kappa shape index (κ2) is 5.65. The van der Waals surface area contributed by atoms with E-state index in [2.05, 4.69) is 0 Å². The Hall–Kier alpha value is -0.860. The largest absolute Gasteiger partial charge is 0.390 e. The van der Waals surface area contributed by atoms with Crippen LogP contribution in [-0.2, 0) is 0 Å². The van der Waals surface area contributed by atoms with Gasteiger partial charge in [-0.15, -0.1) is 0 Å². The molecule has 0 radical (unpaired) electrons. The van der Waals surface area contributed by atoms with Gasteiger partial charge in [-0.25, -0.2) is 0 Å². The molecule has 17 heavy (non-hydrogen) atoms. The maximum atomic E-state index is 10.3. The Kier molecular flexibility index (Phi) is 4.19. The van der Waals surface area contributed by atoms with Crippen LogP contribution in [-0.4, -0.2) is 16.3 Å². The van der Waals surface area contributed by atoms with Crippen molar-refractivity contribution in [1.29, 1.82) is 0 Å². The lowest BCUT2D eigenvalue weighted by atomic mass is 9.81. The fourth-order valence-electron chi connectivity index (χ4n) is 2.84. The zero-order chi connectivity index (χ0) is 12.3. The molecule has 1 aromatic carbocycles. The van der Waals surface area contributed by atoms with Crippen molar-refractivity contribution in [3.63, 3.8) is 0 Å². The first-order valence-electron chi connectivity index (χ1n) is 6.62. The smallest absolute Gasteiger partial charge is 0.105 e. The standard InChI is InChI=1S/C15H22O2/c1-11-7-5-6-10-13(11)15(17)14(16)12-8-3-2-4-9-12/h5-7,10,12,14-17H,2-4,8-9H2,1H3. The summed E-state index contributed by atoms with van der Waals surface area (Å²) in [5.41, 5.74) is 1.92. The van der Waals surface area contributed by atoms with Crippen LogP contribution < -0.4 is 0 Å². The molecule has 0 spiro atoms. The first kappa shape index (κ1) is 12.6. The van der Waals surface area contributed by atoms with Crippen LogP contribution in [0.25, 0.3) is 0 Å². The normalized spacial score (nSPS) is 21.1. The van der Waals surface area contributed by atoms with Gasteiger partial charge in [-0.05, 0) is 36.8 Å². The number of hydrogen-bond acceptors (Lipinski definition) is 2. The average Bonchev–Trinajstić information content (AvgIpc) is 2.39. The average molecular weight is 234 g/mol. The van der Waals surface area contributed by atoms with Crippen LogP contribution in [0.15, 0.2) is 24.3 Å². The van der Waals surface area contributed by atoms with Crippen LogP contribution >= 0.6 is 0 Å². The molecule has 0 amide bonds. The van der Waals surface area contributed by atoms with E-state index in [0.29, 0.717) is 0 Å². The number of rotatable bonds is 3. The summed E-state index contributed by atoms with van der Waals surface area (Å²) in [7, 11) is 0. The van der Waals surface area contributed by atoms with Crippen LogP contribution in [0, 0.1) is 12.8 Å². The van der Waals surface area contributed by atoms with Gasteiger partial charge in [0.1, 0.15) is 6.10 Å². The summed E-state index contributed by atoms with van der Waals surface area (Å²) in [4.78, 5) is 0. The lowest BCUT2D eigenvalue weighted by Gasteiger charge is -2.30. The Bertz CT molecular complexity index is 356. The van der Waals surface area contributed by atoms with Gasteiger partial charge in [0.25, 0.3) is 0 Å². The highest BCUT2D eigenvalue weighted by molar-refractivity contribution is 5.28. The minimum atomic E-state index is -0.737. The summed E-state index contributed by atoms with van der Waals surface area (Å²) >= 11 is 0. The molecule has 2 N–H and O–H groups in total. The summed E-state index contributed by atoms with van der Waals surface area (Å²) in [6.45, 7) is 1.98. The second-order valence-corrected chi connectivity index (χ2v) is 5.19. The molecule has 1 aliphatic carbocycles. The van der Waals surface area contributed by atoms with E-state index in [1.54, 1.807) is 0 Å². The van der Waals surface area contributed by atoms with Crippen LogP contribution in [0.2, 0.25) is 0 Å². The number of aryl methyl sites for hydroxylation is 1. The van der Waals surface area contributed by atoms with Crippen LogP contribution in [0.1, 0.15) is 49.3 Å². The highest BCUT2D eigenvalue weighted by Crippen LogP contribution is 2.33. The van der Waals surface area contributed by atoms with Crippen molar-refractivity contribution >= 4 is 0 Å². The second-order valence-electron chi connectivity index (χ2n) is 5.19. The predicted molar refractivity (Wildman–Crippen MR) is 68.7 cm³/mol. The van der Waals surface area contributed by atoms with Crippen molar-refractivity contribution in [3.8, 4) is 0 Å². The van der Waals surface area contributed by atoms with E-state index in [9.17, 15) is 10.2 Å². The van der Waals surface area contributed by atoms with Gasteiger partial charge in [-0.1, -0.05) is 43.5 Å². The van der Waals surface area contributed by atoms with Gasteiger partial charge in [0.05, 0.1) is 6.10 Å². The van der Waals surface area contributed by atoms with Gasteiger partial charge < -0.3 is 10.2 Å². The monoisotopic (exact) mass is 234 g/mol. The molecule has 1 saturated carbocycles. The summed E-state index contributed by atoms with van der Waals surface area (Å²) in [6.07, 6.45) is 4.37. The number of aliphatic hydroxyl groups excluding tert-OH is 2. The molecule has 2 atom stereocenters. The zero-order valence-corrected chi connectivity index (χ0v) is 10.5. The minimum Gasteiger partial charge on any atom is -0.390 e. The molecule has 0 heterocycles. The van der Waals surface area contributed by atoms with Gasteiger partial charge in [-0.3, -0.25) is 0 Å². The Labute approximate surface area is 103 Å². The van der Waals surface area contributed by atoms with E-state index in [-0.39, 0.29) is 5.92 Å². The molecule has 0 aliphatic heterocycles. The molecule has 0 saturated heterocycles. The third-order valence-electron chi connectivity index (χ3n) is 3.96. The highest BCUT2D eigenvalue weighted by Gasteiger charge is 2.29. The molecular weight excluding hydrogens is 212 g/mol. The molecule has 1 aromatic rings. The van der Waals surface area contributed by atoms with E-state index in [1.165, 1.54) is 19.3 Å². The SMILES string of the molecule is Cc1ccccc1C(O)C(O)C1CCCCC1. The number of hydrogen-bond donors (Lipinski definition) is 2. The van der Waals surface area contributed by atoms with Crippen molar-refractivity contribution in [2.75, 3.05) is 0 Å². The number of benzene rings is 1. The summed E-state index contributed by atoms with van der Waals surface area (Å²) in [5.74, 6) is 0.262. The van der Waals surface area contributed by atoms with Crippen LogP contribution in [0.5, 0.6) is 0 Å². The quantitative estimate of drug-likeness (QED) is 0.844. The molecule has 1 fully saturated rings. The summed E-state index contributed by atoms with van der Waals surface area (Å²) in [5, 5.41) is 20.5. The molecule has 94 valence electrons. The van der Waals surface area contributed by atoms with E-state index < -0.39 is 12.2 Å². The van der Waals surface area contributed by atoms with Gasteiger partial charge in [0, 0.05) is 0 Å². The molecule has 0 bridgehead atoms. The van der Waals surface area contributed by atoms with Crippen LogP contribution in [0.3, 0.4) is 0 Å². The molecule has 2 unspecified atom stereocenters. The van der Waals surface area contributed by atoms with E-state index in [4.69, 9.17) is 0 Å². The van der Waals surface area contributed by atoms with Crippen molar-refractivity contribution in [1.82, 2.24) is 0 Å². The summed E-state index contributed by atoms with van der Waals surface area (Å²) < 4.78 is 0. The van der Waals surface area contributed by atoms with E-state index >= 15 is 0 Å². The maximum absolute atomic E-state index is 10.3. The predicted octanol–water partition coefficient (Wildman–Crippen LogP) is 2.97. The molecule has 1 aliphatic rings. The lowest BCUT2D eigenvalue weighted by molar-refractivity contribution is -0.0288. The highest BCUT2D eigenvalue weighted by atomic mass is 16.3. The topological polar surface area (TPSA) is 40.5 Å². The van der Waals surface area contributed by atoms with Crippen LogP contribution in [0.4, 0.5) is 0 Å². The fraction of sp³-hybridized carbons (Fsp3) is 0.600. The fourth-order valence-corrected chi connectivity index (χ4v) is 2.84. The van der Waals surface area contributed by atoms with Crippen molar-refractivity contribution < 1.29 is 10.2 Å². The maximum Gasteiger partial charge on any atom is 0.105 e. The molecule has 2 rings (SSSR count). The molecule has 2 heteroatoms. The lowest BCUT2D eigenvalue weighted by Crippen LogP contribution is -2.29. The minimum absolute atomic E-state index is 0.262. The van der Waals surface area contributed by atoms with Crippen molar-refractivity contribution in [3.05, 3.63) is 35.4 Å². The Morgan fingerprint density at radius 2 is 1.71 bits per heavy atom. The first-order chi connectivity index (χ1) is 8.20. The van der Waals surface area contributed by atoms with Gasteiger partial charge in [0.15, 0.2) is 0 Å². The third-order valence-corrected chi connectivity index (χ3v) is 3.96. The van der Waals surface area contributed by atoms with E-state index in [0.717, 1.165) is 24.0 Å². The molecule has 2 nitrogen and oxygen atoms in total. The van der Waals surface area contributed by atoms with Gasteiger partial charge in [0.2, 0.25) is 0 Å². The Morgan fingerprint density at radius 1 is 1.06 bits per heavy atom. The first-order valence-corrected chi connectivity index (χ1v) is 6.62. The van der Waals surface area contributed by atoms with Crippen molar-refractivity contribution in [2.45, 2.75) is 51.2 Å². The Balaban J connectivity index is 2.08. The van der Waals surface area contributed by atoms with Gasteiger partial charge in [-0.2, -0.15) is 0 Å². The third kappa shape index (κ3) is 2.88. The van der Waals surface area contributed by atoms with E-state index in [1.807, 2.05) is 31.2 Å². The Morgan fingerprint density at radius 3 is 2.35 bits per heavy atom. The number of aliphatic hydroxyl groups is 2. The molecular formula is C15H22O2. The summed E-state index contributed by atoms with van der Waals surface area (Å²) in [6, 6.07) is 7.76. The molecule has 0 aromatic heterocycles.